The Hall–Kier alpha value is -0.340. The van der Waals surface area contributed by atoms with E-state index in [1.165, 1.54) is 25.8 Å². The number of nitrogens with zero attached hydrogens (tertiary/aromatic N) is 1. The summed E-state index contributed by atoms with van der Waals surface area (Å²) in [6.07, 6.45) is 6.25. The molecule has 0 bridgehead atoms. The molecular formula is C15H30N2. The van der Waals surface area contributed by atoms with E-state index >= 15 is 0 Å². The molecule has 2 nitrogen and oxygen atoms in total. The zero-order valence-electron chi connectivity index (χ0n) is 12.1. The van der Waals surface area contributed by atoms with Crippen molar-refractivity contribution in [3.63, 3.8) is 0 Å². The number of nitrogens with one attached hydrogen (secondary N) is 1. The smallest absolute Gasteiger partial charge is 0.0223 e. The summed E-state index contributed by atoms with van der Waals surface area (Å²) >= 11 is 0. The van der Waals surface area contributed by atoms with Crippen LogP contribution in [0.25, 0.3) is 0 Å². The first-order chi connectivity index (χ1) is 8.13. The maximum absolute atomic E-state index is 3.62. The van der Waals surface area contributed by atoms with Crippen LogP contribution in [0.1, 0.15) is 47.0 Å². The van der Waals surface area contributed by atoms with E-state index < -0.39 is 0 Å². The van der Waals surface area contributed by atoms with Crippen molar-refractivity contribution in [1.82, 2.24) is 10.2 Å². The monoisotopic (exact) mass is 238 g/mol. The first-order valence-electron chi connectivity index (χ1n) is 7.23. The van der Waals surface area contributed by atoms with Crippen LogP contribution < -0.4 is 5.32 Å². The van der Waals surface area contributed by atoms with Crippen molar-refractivity contribution < 1.29 is 0 Å². The van der Waals surface area contributed by atoms with Crippen LogP contribution in [0.15, 0.2) is 11.6 Å². The van der Waals surface area contributed by atoms with E-state index in [4.69, 9.17) is 0 Å². The SMILES string of the molecule is CCCC(CNCC(C)C)N1CC=C(C)CC1. The molecule has 0 spiro atoms. The summed E-state index contributed by atoms with van der Waals surface area (Å²) < 4.78 is 0. The largest absolute Gasteiger partial charge is 0.315 e. The average molecular weight is 238 g/mol. The predicted molar refractivity (Wildman–Crippen MR) is 76.4 cm³/mol. The summed E-state index contributed by atoms with van der Waals surface area (Å²) in [7, 11) is 0. The highest BCUT2D eigenvalue weighted by Gasteiger charge is 2.18. The van der Waals surface area contributed by atoms with E-state index in [1.54, 1.807) is 5.57 Å². The zero-order valence-corrected chi connectivity index (χ0v) is 12.1. The summed E-state index contributed by atoms with van der Waals surface area (Å²) in [6.45, 7) is 13.8. The number of hydrogen-bond donors (Lipinski definition) is 1. The van der Waals surface area contributed by atoms with Gasteiger partial charge in [0.1, 0.15) is 0 Å². The first-order valence-corrected chi connectivity index (χ1v) is 7.23. The molecule has 0 aromatic heterocycles. The van der Waals surface area contributed by atoms with E-state index in [-0.39, 0.29) is 0 Å². The Bertz CT molecular complexity index is 233. The summed E-state index contributed by atoms with van der Waals surface area (Å²) in [4.78, 5) is 2.64. The molecule has 0 aromatic rings. The first kappa shape index (κ1) is 14.7. The molecule has 0 saturated heterocycles. The molecule has 17 heavy (non-hydrogen) atoms. The van der Waals surface area contributed by atoms with Crippen molar-refractivity contribution in [2.45, 2.75) is 53.0 Å². The third-order valence-electron chi connectivity index (χ3n) is 3.54. The second kappa shape index (κ2) is 7.88. The molecule has 1 rings (SSSR count). The Labute approximate surface area is 107 Å². The van der Waals surface area contributed by atoms with Crippen LogP contribution in [0.5, 0.6) is 0 Å². The van der Waals surface area contributed by atoms with Gasteiger partial charge in [-0.2, -0.15) is 0 Å². The fraction of sp³-hybridized carbons (Fsp3) is 0.867. The van der Waals surface area contributed by atoms with E-state index in [2.05, 4.69) is 44.0 Å². The fourth-order valence-electron chi connectivity index (χ4n) is 2.40. The minimum atomic E-state index is 0.725. The van der Waals surface area contributed by atoms with Crippen LogP contribution in [0, 0.1) is 5.92 Å². The molecule has 1 heterocycles. The van der Waals surface area contributed by atoms with Crippen molar-refractivity contribution in [3.05, 3.63) is 11.6 Å². The Kier molecular flexibility index (Phi) is 6.83. The van der Waals surface area contributed by atoms with Crippen LogP contribution in [-0.4, -0.2) is 37.1 Å². The van der Waals surface area contributed by atoms with Crippen LogP contribution in [-0.2, 0) is 0 Å². The van der Waals surface area contributed by atoms with Gasteiger partial charge in [0.15, 0.2) is 0 Å². The lowest BCUT2D eigenvalue weighted by Gasteiger charge is -2.34. The van der Waals surface area contributed by atoms with Gasteiger partial charge in [0.2, 0.25) is 0 Å². The molecule has 1 N–H and O–H groups in total. The predicted octanol–water partition coefficient (Wildman–Crippen LogP) is 3.05. The normalized spacial score (nSPS) is 19.5. The lowest BCUT2D eigenvalue weighted by molar-refractivity contribution is 0.193. The number of rotatable bonds is 7. The fourth-order valence-corrected chi connectivity index (χ4v) is 2.40. The molecule has 0 aliphatic carbocycles. The Morgan fingerprint density at radius 2 is 2.12 bits per heavy atom. The maximum Gasteiger partial charge on any atom is 0.0223 e. The molecule has 100 valence electrons. The van der Waals surface area contributed by atoms with Gasteiger partial charge in [-0.15, -0.1) is 0 Å². The zero-order chi connectivity index (χ0) is 12.7. The Morgan fingerprint density at radius 1 is 1.35 bits per heavy atom. The van der Waals surface area contributed by atoms with Gasteiger partial charge >= 0.3 is 0 Å². The van der Waals surface area contributed by atoms with E-state index in [0.717, 1.165) is 31.6 Å². The van der Waals surface area contributed by atoms with Crippen LogP contribution in [0.4, 0.5) is 0 Å². The second-order valence-corrected chi connectivity index (χ2v) is 5.79. The molecular weight excluding hydrogens is 208 g/mol. The molecule has 0 radical (unpaired) electrons. The van der Waals surface area contributed by atoms with Gasteiger partial charge < -0.3 is 5.32 Å². The van der Waals surface area contributed by atoms with E-state index in [0.29, 0.717) is 0 Å². The third kappa shape index (κ3) is 5.69. The molecule has 2 heteroatoms. The van der Waals surface area contributed by atoms with Crippen molar-refractivity contribution in [1.29, 1.82) is 0 Å². The van der Waals surface area contributed by atoms with Gasteiger partial charge in [-0.25, -0.2) is 0 Å². The van der Waals surface area contributed by atoms with Crippen LogP contribution in [0.2, 0.25) is 0 Å². The van der Waals surface area contributed by atoms with Crippen molar-refractivity contribution in [2.75, 3.05) is 26.2 Å². The standard InChI is InChI=1S/C15H30N2/c1-5-6-15(12-16-11-13(2)3)17-9-7-14(4)8-10-17/h7,13,15-16H,5-6,8-12H2,1-4H3. The van der Waals surface area contributed by atoms with Gasteiger partial charge in [-0.3, -0.25) is 4.90 Å². The van der Waals surface area contributed by atoms with Gasteiger partial charge in [-0.1, -0.05) is 38.8 Å². The lowest BCUT2D eigenvalue weighted by Crippen LogP contribution is -2.44. The molecule has 0 saturated carbocycles. The van der Waals surface area contributed by atoms with Gasteiger partial charge in [-0.05, 0) is 32.2 Å². The molecule has 1 atom stereocenters. The third-order valence-corrected chi connectivity index (χ3v) is 3.54. The molecule has 1 aliphatic rings. The maximum atomic E-state index is 3.62. The highest BCUT2D eigenvalue weighted by atomic mass is 15.2. The van der Waals surface area contributed by atoms with Crippen molar-refractivity contribution in [3.8, 4) is 0 Å². The van der Waals surface area contributed by atoms with Crippen molar-refractivity contribution >= 4 is 0 Å². The van der Waals surface area contributed by atoms with Gasteiger partial charge in [0.05, 0.1) is 0 Å². The second-order valence-electron chi connectivity index (χ2n) is 5.79. The summed E-state index contributed by atoms with van der Waals surface area (Å²) in [5, 5.41) is 3.62. The molecule has 0 fully saturated rings. The topological polar surface area (TPSA) is 15.3 Å². The minimum absolute atomic E-state index is 0.725. The molecule has 1 aliphatic heterocycles. The Balaban J connectivity index is 2.36. The summed E-state index contributed by atoms with van der Waals surface area (Å²) in [6, 6.07) is 0.725. The number of hydrogen-bond acceptors (Lipinski definition) is 2. The summed E-state index contributed by atoms with van der Waals surface area (Å²) in [5.41, 5.74) is 1.56. The molecule has 0 amide bonds. The van der Waals surface area contributed by atoms with Crippen LogP contribution in [0.3, 0.4) is 0 Å². The van der Waals surface area contributed by atoms with Gasteiger partial charge in [0.25, 0.3) is 0 Å². The molecule has 1 unspecified atom stereocenters. The minimum Gasteiger partial charge on any atom is -0.315 e. The highest BCUT2D eigenvalue weighted by molar-refractivity contribution is 5.04. The lowest BCUT2D eigenvalue weighted by atomic mass is 10.0. The summed E-state index contributed by atoms with van der Waals surface area (Å²) in [5.74, 6) is 0.751. The van der Waals surface area contributed by atoms with E-state index in [1.807, 2.05) is 0 Å². The molecule has 0 aromatic carbocycles. The van der Waals surface area contributed by atoms with Gasteiger partial charge in [0, 0.05) is 25.7 Å². The van der Waals surface area contributed by atoms with Crippen LogP contribution >= 0.6 is 0 Å². The van der Waals surface area contributed by atoms with E-state index in [9.17, 15) is 0 Å². The quantitative estimate of drug-likeness (QED) is 0.686. The van der Waals surface area contributed by atoms with Crippen molar-refractivity contribution in [2.24, 2.45) is 5.92 Å². The average Bonchev–Trinajstić information content (AvgIpc) is 2.29. The highest BCUT2D eigenvalue weighted by Crippen LogP contribution is 2.15. The Morgan fingerprint density at radius 3 is 2.65 bits per heavy atom.